The molecule has 2 aliphatic rings. The van der Waals surface area contributed by atoms with Crippen molar-refractivity contribution in [1.82, 2.24) is 10.2 Å². The summed E-state index contributed by atoms with van der Waals surface area (Å²) in [5.74, 6) is -0.122. The van der Waals surface area contributed by atoms with E-state index in [9.17, 15) is 13.2 Å². The summed E-state index contributed by atoms with van der Waals surface area (Å²) < 4.78 is 25.7. The third-order valence-corrected chi connectivity index (χ3v) is 7.34. The van der Waals surface area contributed by atoms with E-state index in [1.807, 2.05) is 31.2 Å². The summed E-state index contributed by atoms with van der Waals surface area (Å²) in [4.78, 5) is 15.3. The third-order valence-electron chi connectivity index (χ3n) is 6.07. The summed E-state index contributed by atoms with van der Waals surface area (Å²) in [6, 6.07) is 15.6. The van der Waals surface area contributed by atoms with Crippen molar-refractivity contribution < 1.29 is 13.2 Å². The molecule has 1 N–H and O–H groups in total. The first-order valence-electron chi connectivity index (χ1n) is 10.5. The average Bonchev–Trinajstić information content (AvgIpc) is 3.34. The molecule has 7 heteroatoms. The summed E-state index contributed by atoms with van der Waals surface area (Å²) in [7, 11) is -3.33. The number of carbonyl (C=O) groups is 1. The van der Waals surface area contributed by atoms with Gasteiger partial charge in [-0.3, -0.25) is 14.0 Å². The van der Waals surface area contributed by atoms with Crippen LogP contribution in [0.3, 0.4) is 0 Å². The first-order valence-corrected chi connectivity index (χ1v) is 12.4. The maximum atomic E-state index is 12.9. The predicted octanol–water partition coefficient (Wildman–Crippen LogP) is 2.96. The summed E-state index contributed by atoms with van der Waals surface area (Å²) in [6.45, 7) is 4.54. The molecule has 160 valence electrons. The predicted molar refractivity (Wildman–Crippen MR) is 119 cm³/mol. The van der Waals surface area contributed by atoms with Crippen molar-refractivity contribution in [2.45, 2.75) is 38.3 Å². The minimum atomic E-state index is -3.33. The van der Waals surface area contributed by atoms with Crippen LogP contribution in [0.2, 0.25) is 0 Å². The van der Waals surface area contributed by atoms with Crippen LogP contribution in [0.4, 0.5) is 5.69 Å². The van der Waals surface area contributed by atoms with E-state index in [2.05, 4.69) is 22.3 Å². The van der Waals surface area contributed by atoms with Gasteiger partial charge in [0, 0.05) is 18.2 Å². The van der Waals surface area contributed by atoms with Crippen molar-refractivity contribution in [3.63, 3.8) is 0 Å². The normalized spacial score (nSPS) is 20.2. The Morgan fingerprint density at radius 1 is 1.13 bits per heavy atom. The molecule has 2 aromatic rings. The van der Waals surface area contributed by atoms with E-state index in [-0.39, 0.29) is 18.0 Å². The highest BCUT2D eigenvalue weighted by Gasteiger charge is 2.33. The number of fused-ring (bicyclic) bond motifs is 1. The number of nitrogens with zero attached hydrogens (tertiary/aromatic N) is 2. The van der Waals surface area contributed by atoms with Crippen molar-refractivity contribution in [2.24, 2.45) is 0 Å². The minimum absolute atomic E-state index is 0.122. The fourth-order valence-electron chi connectivity index (χ4n) is 4.73. The van der Waals surface area contributed by atoms with Crippen LogP contribution in [-0.2, 0) is 16.4 Å². The first kappa shape index (κ1) is 20.9. The molecule has 0 radical (unpaired) electrons. The quantitative estimate of drug-likeness (QED) is 0.770. The van der Waals surface area contributed by atoms with Crippen LogP contribution in [0.5, 0.6) is 0 Å². The van der Waals surface area contributed by atoms with E-state index in [0.717, 1.165) is 18.7 Å². The second-order valence-electron chi connectivity index (χ2n) is 8.34. The summed E-state index contributed by atoms with van der Waals surface area (Å²) >= 11 is 0. The maximum absolute atomic E-state index is 12.9. The number of rotatable bonds is 6. The van der Waals surface area contributed by atoms with Gasteiger partial charge in [0.15, 0.2) is 0 Å². The Hall–Kier alpha value is -2.38. The summed E-state index contributed by atoms with van der Waals surface area (Å²) in [6.07, 6.45) is 4.22. The summed E-state index contributed by atoms with van der Waals surface area (Å²) in [5.41, 5.74) is 3.37. The molecular formula is C23H29N3O3S. The Morgan fingerprint density at radius 3 is 2.50 bits per heavy atom. The fourth-order valence-corrected chi connectivity index (χ4v) is 5.99. The average molecular weight is 428 g/mol. The number of benzene rings is 2. The van der Waals surface area contributed by atoms with Crippen LogP contribution in [0, 0.1) is 0 Å². The molecule has 0 bridgehead atoms. The molecule has 1 saturated heterocycles. The fraction of sp³-hybridized carbons (Fsp3) is 0.435. The Bertz CT molecular complexity index is 1020. The van der Waals surface area contributed by atoms with Crippen LogP contribution in [0.25, 0.3) is 0 Å². The smallest absolute Gasteiger partial charge is 0.251 e. The van der Waals surface area contributed by atoms with Gasteiger partial charge >= 0.3 is 0 Å². The molecule has 2 heterocycles. The number of likely N-dealkylation sites (tertiary alicyclic amines) is 1. The number of anilines is 1. The SMILES string of the molecule is CC1Cc2cc(C(=O)NCC(c3ccccc3)N3CCCC3)ccc2N1S(C)(=O)=O. The van der Waals surface area contributed by atoms with Crippen molar-refractivity contribution in [2.75, 3.05) is 30.2 Å². The highest BCUT2D eigenvalue weighted by molar-refractivity contribution is 7.92. The van der Waals surface area contributed by atoms with Crippen molar-refractivity contribution >= 4 is 21.6 Å². The number of hydrogen-bond acceptors (Lipinski definition) is 4. The molecule has 0 saturated carbocycles. The van der Waals surface area contributed by atoms with Crippen molar-refractivity contribution in [3.05, 3.63) is 65.2 Å². The van der Waals surface area contributed by atoms with Gasteiger partial charge in [-0.15, -0.1) is 0 Å². The number of hydrogen-bond donors (Lipinski definition) is 1. The van der Waals surface area contributed by atoms with E-state index in [1.54, 1.807) is 12.1 Å². The number of nitrogens with one attached hydrogen (secondary N) is 1. The van der Waals surface area contributed by atoms with Gasteiger partial charge in [-0.05, 0) is 68.6 Å². The largest absolute Gasteiger partial charge is 0.350 e. The van der Waals surface area contributed by atoms with Crippen LogP contribution < -0.4 is 9.62 Å². The zero-order chi connectivity index (χ0) is 21.3. The molecule has 2 aliphatic heterocycles. The van der Waals surface area contributed by atoms with Crippen molar-refractivity contribution in [1.29, 1.82) is 0 Å². The molecule has 0 aliphatic carbocycles. The van der Waals surface area contributed by atoms with Crippen molar-refractivity contribution in [3.8, 4) is 0 Å². The number of carbonyl (C=O) groups excluding carboxylic acids is 1. The molecule has 0 spiro atoms. The molecule has 2 aromatic carbocycles. The highest BCUT2D eigenvalue weighted by Crippen LogP contribution is 2.34. The Balaban J connectivity index is 1.49. The van der Waals surface area contributed by atoms with Crippen LogP contribution in [0.1, 0.15) is 47.3 Å². The van der Waals surface area contributed by atoms with E-state index in [4.69, 9.17) is 0 Å². The lowest BCUT2D eigenvalue weighted by molar-refractivity contribution is 0.0938. The van der Waals surface area contributed by atoms with Crippen LogP contribution in [0.15, 0.2) is 48.5 Å². The Kier molecular flexibility index (Phi) is 5.84. The lowest BCUT2D eigenvalue weighted by Crippen LogP contribution is -2.36. The molecular weight excluding hydrogens is 398 g/mol. The van der Waals surface area contributed by atoms with Gasteiger partial charge < -0.3 is 5.32 Å². The zero-order valence-corrected chi connectivity index (χ0v) is 18.4. The first-order chi connectivity index (χ1) is 14.3. The van der Waals surface area contributed by atoms with Gasteiger partial charge in [-0.1, -0.05) is 30.3 Å². The zero-order valence-electron chi connectivity index (χ0n) is 17.5. The lowest BCUT2D eigenvalue weighted by Gasteiger charge is -2.28. The topological polar surface area (TPSA) is 69.7 Å². The molecule has 0 aromatic heterocycles. The third kappa shape index (κ3) is 4.23. The second-order valence-corrected chi connectivity index (χ2v) is 10.2. The van der Waals surface area contributed by atoms with E-state index in [0.29, 0.717) is 24.2 Å². The molecule has 2 unspecified atom stereocenters. The minimum Gasteiger partial charge on any atom is -0.350 e. The summed E-state index contributed by atoms with van der Waals surface area (Å²) in [5, 5.41) is 3.11. The molecule has 2 atom stereocenters. The number of amides is 1. The second kappa shape index (κ2) is 8.40. The molecule has 4 rings (SSSR count). The van der Waals surface area contributed by atoms with Crippen LogP contribution in [-0.4, -0.2) is 51.2 Å². The van der Waals surface area contributed by atoms with E-state index in [1.165, 1.54) is 29.0 Å². The van der Waals surface area contributed by atoms with E-state index < -0.39 is 10.0 Å². The molecule has 1 fully saturated rings. The standard InChI is InChI=1S/C23H29N3O3S/c1-17-14-20-15-19(10-11-21(20)26(17)30(2,28)29)23(27)24-16-22(25-12-6-7-13-25)18-8-4-3-5-9-18/h3-5,8-11,15,17,22H,6-7,12-14,16H2,1-2H3,(H,24,27). The molecule has 6 nitrogen and oxygen atoms in total. The Labute approximate surface area is 178 Å². The lowest BCUT2D eigenvalue weighted by atomic mass is 10.0. The monoisotopic (exact) mass is 427 g/mol. The van der Waals surface area contributed by atoms with Crippen LogP contribution >= 0.6 is 0 Å². The Morgan fingerprint density at radius 2 is 1.83 bits per heavy atom. The van der Waals surface area contributed by atoms with Gasteiger partial charge in [0.2, 0.25) is 10.0 Å². The van der Waals surface area contributed by atoms with Gasteiger partial charge in [0.1, 0.15) is 0 Å². The number of sulfonamides is 1. The van der Waals surface area contributed by atoms with Gasteiger partial charge in [-0.2, -0.15) is 0 Å². The van der Waals surface area contributed by atoms with Gasteiger partial charge in [0.05, 0.1) is 18.0 Å². The molecule has 1 amide bonds. The van der Waals surface area contributed by atoms with Gasteiger partial charge in [-0.25, -0.2) is 8.42 Å². The highest BCUT2D eigenvalue weighted by atomic mass is 32.2. The maximum Gasteiger partial charge on any atom is 0.251 e. The molecule has 30 heavy (non-hydrogen) atoms. The van der Waals surface area contributed by atoms with E-state index >= 15 is 0 Å². The van der Waals surface area contributed by atoms with Gasteiger partial charge in [0.25, 0.3) is 5.91 Å².